The molecule has 1 unspecified atom stereocenters. The van der Waals surface area contributed by atoms with Crippen molar-refractivity contribution >= 4 is 29.9 Å². The fourth-order valence-corrected chi connectivity index (χ4v) is 2.19. The highest BCUT2D eigenvalue weighted by atomic mass is 127. The molecule has 1 atom stereocenters. The zero-order chi connectivity index (χ0) is 19.4. The summed E-state index contributed by atoms with van der Waals surface area (Å²) in [5.74, 6) is 2.26. The average molecular weight is 492 g/mol. The van der Waals surface area contributed by atoms with Crippen LogP contribution in [0.25, 0.3) is 0 Å². The predicted molar refractivity (Wildman–Crippen MR) is 124 cm³/mol. The number of nitrogens with one attached hydrogen (secondary N) is 2. The molecule has 1 aromatic rings. The first-order valence-corrected chi connectivity index (χ1v) is 9.32. The molecule has 0 aliphatic carbocycles. The van der Waals surface area contributed by atoms with Gasteiger partial charge in [-0.1, -0.05) is 26.0 Å². The van der Waals surface area contributed by atoms with E-state index in [0.717, 1.165) is 37.0 Å². The number of methoxy groups -OCH3 is 1. The summed E-state index contributed by atoms with van der Waals surface area (Å²) in [4.78, 5) is 6.48. The zero-order valence-corrected chi connectivity index (χ0v) is 19.9. The topological polar surface area (TPSA) is 58.1 Å². The molecule has 0 radical (unpaired) electrons. The molecule has 0 amide bonds. The van der Waals surface area contributed by atoms with Gasteiger partial charge in [-0.3, -0.25) is 4.99 Å². The molecule has 1 aromatic carbocycles. The summed E-state index contributed by atoms with van der Waals surface area (Å²) in [7, 11) is 5.58. The van der Waals surface area contributed by atoms with Crippen LogP contribution in [0.4, 0.5) is 0 Å². The Morgan fingerprint density at radius 2 is 1.89 bits per heavy atom. The number of nitrogens with zero attached hydrogens (tertiary/aromatic N) is 2. The Kier molecular flexibility index (Phi) is 14.3. The Balaban J connectivity index is 0.00000676. The van der Waals surface area contributed by atoms with Gasteiger partial charge < -0.3 is 25.0 Å². The van der Waals surface area contributed by atoms with Crippen LogP contribution in [0.2, 0.25) is 0 Å². The van der Waals surface area contributed by atoms with Gasteiger partial charge in [0.1, 0.15) is 12.4 Å². The van der Waals surface area contributed by atoms with Crippen LogP contribution in [0.1, 0.15) is 26.3 Å². The van der Waals surface area contributed by atoms with Crippen molar-refractivity contribution < 1.29 is 9.47 Å². The van der Waals surface area contributed by atoms with E-state index in [1.165, 1.54) is 0 Å². The van der Waals surface area contributed by atoms with E-state index in [2.05, 4.69) is 60.5 Å². The number of rotatable bonds is 11. The highest BCUT2D eigenvalue weighted by Gasteiger charge is 2.09. The molecule has 0 spiro atoms. The van der Waals surface area contributed by atoms with E-state index in [1.807, 2.05) is 12.1 Å². The SMILES string of the molecule is CN=C(NCc1cccc(OCCN(C)CCOC)c1)NC(C)C(C)C.I. The van der Waals surface area contributed by atoms with E-state index in [0.29, 0.717) is 25.1 Å². The van der Waals surface area contributed by atoms with E-state index < -0.39 is 0 Å². The molecule has 0 aromatic heterocycles. The van der Waals surface area contributed by atoms with E-state index in [1.54, 1.807) is 14.2 Å². The molecule has 1 rings (SSSR count). The van der Waals surface area contributed by atoms with Crippen molar-refractivity contribution in [2.75, 3.05) is 47.5 Å². The van der Waals surface area contributed by atoms with E-state index >= 15 is 0 Å². The number of benzene rings is 1. The van der Waals surface area contributed by atoms with Gasteiger partial charge in [-0.2, -0.15) is 0 Å². The zero-order valence-electron chi connectivity index (χ0n) is 17.6. The first kappa shape index (κ1) is 25.9. The van der Waals surface area contributed by atoms with Gasteiger partial charge in [-0.15, -0.1) is 24.0 Å². The molecule has 0 aliphatic heterocycles. The average Bonchev–Trinajstić information content (AvgIpc) is 2.63. The molecule has 6 nitrogen and oxygen atoms in total. The van der Waals surface area contributed by atoms with Gasteiger partial charge in [0.2, 0.25) is 0 Å². The lowest BCUT2D eigenvalue weighted by molar-refractivity contribution is 0.150. The van der Waals surface area contributed by atoms with Gasteiger partial charge >= 0.3 is 0 Å². The Morgan fingerprint density at radius 1 is 1.19 bits per heavy atom. The minimum absolute atomic E-state index is 0. The monoisotopic (exact) mass is 492 g/mol. The summed E-state index contributed by atoms with van der Waals surface area (Å²) in [6.07, 6.45) is 0. The van der Waals surface area contributed by atoms with Gasteiger partial charge in [-0.05, 0) is 37.6 Å². The van der Waals surface area contributed by atoms with Crippen molar-refractivity contribution in [1.29, 1.82) is 0 Å². The van der Waals surface area contributed by atoms with E-state index in [9.17, 15) is 0 Å². The van der Waals surface area contributed by atoms with Crippen molar-refractivity contribution in [3.63, 3.8) is 0 Å². The van der Waals surface area contributed by atoms with E-state index in [4.69, 9.17) is 9.47 Å². The van der Waals surface area contributed by atoms with Crippen LogP contribution in [0.15, 0.2) is 29.3 Å². The Bertz CT molecular complexity index is 540. The van der Waals surface area contributed by atoms with Crippen LogP contribution in [0, 0.1) is 5.92 Å². The number of ether oxygens (including phenoxy) is 2. The molecule has 0 heterocycles. The van der Waals surface area contributed by atoms with E-state index in [-0.39, 0.29) is 24.0 Å². The Morgan fingerprint density at radius 3 is 2.52 bits per heavy atom. The van der Waals surface area contributed by atoms with Crippen LogP contribution in [-0.4, -0.2) is 64.4 Å². The number of hydrogen-bond acceptors (Lipinski definition) is 4. The smallest absolute Gasteiger partial charge is 0.191 e. The van der Waals surface area contributed by atoms with Crippen molar-refractivity contribution in [2.45, 2.75) is 33.4 Å². The van der Waals surface area contributed by atoms with Crippen LogP contribution in [-0.2, 0) is 11.3 Å². The van der Waals surface area contributed by atoms with Crippen LogP contribution >= 0.6 is 24.0 Å². The molecule has 0 saturated heterocycles. The highest BCUT2D eigenvalue weighted by Crippen LogP contribution is 2.13. The maximum Gasteiger partial charge on any atom is 0.191 e. The predicted octanol–water partition coefficient (Wildman–Crippen LogP) is 2.97. The molecule has 2 N–H and O–H groups in total. The van der Waals surface area contributed by atoms with Crippen molar-refractivity contribution in [3.05, 3.63) is 29.8 Å². The largest absolute Gasteiger partial charge is 0.492 e. The van der Waals surface area contributed by atoms with Gasteiger partial charge in [0.15, 0.2) is 5.96 Å². The van der Waals surface area contributed by atoms with Crippen molar-refractivity contribution in [1.82, 2.24) is 15.5 Å². The maximum absolute atomic E-state index is 5.87. The van der Waals surface area contributed by atoms with Crippen molar-refractivity contribution in [2.24, 2.45) is 10.9 Å². The van der Waals surface area contributed by atoms with Gasteiger partial charge in [0, 0.05) is 39.8 Å². The van der Waals surface area contributed by atoms with Gasteiger partial charge in [0.05, 0.1) is 6.61 Å². The molecular formula is C20H37IN4O2. The standard InChI is InChI=1S/C20H36N4O2.HI/c1-16(2)17(3)23-20(21-4)22-15-18-8-7-9-19(14-18)26-13-11-24(5)10-12-25-6;/h7-9,14,16-17H,10-13,15H2,1-6H3,(H2,21,22,23);1H. The summed E-state index contributed by atoms with van der Waals surface area (Å²) in [5.41, 5.74) is 1.16. The Labute approximate surface area is 182 Å². The molecule has 0 saturated carbocycles. The minimum atomic E-state index is 0. The highest BCUT2D eigenvalue weighted by molar-refractivity contribution is 14.0. The summed E-state index contributed by atoms with van der Waals surface area (Å²) in [6, 6.07) is 8.54. The number of likely N-dealkylation sites (N-methyl/N-ethyl adjacent to an activating group) is 1. The minimum Gasteiger partial charge on any atom is -0.492 e. The third-order valence-electron chi connectivity index (χ3n) is 4.37. The summed E-state index contributed by atoms with van der Waals surface area (Å²) in [5, 5.41) is 6.76. The van der Waals surface area contributed by atoms with Gasteiger partial charge in [0.25, 0.3) is 0 Å². The first-order valence-electron chi connectivity index (χ1n) is 9.32. The normalized spacial score (nSPS) is 12.7. The van der Waals surface area contributed by atoms with Crippen molar-refractivity contribution in [3.8, 4) is 5.75 Å². The second kappa shape index (κ2) is 14.9. The third-order valence-corrected chi connectivity index (χ3v) is 4.37. The summed E-state index contributed by atoms with van der Waals surface area (Å²) < 4.78 is 11.0. The lowest BCUT2D eigenvalue weighted by Crippen LogP contribution is -2.43. The second-order valence-electron chi connectivity index (χ2n) is 6.89. The van der Waals surface area contributed by atoms with Crippen LogP contribution in [0.5, 0.6) is 5.75 Å². The lowest BCUT2D eigenvalue weighted by atomic mass is 10.1. The number of halogens is 1. The fourth-order valence-electron chi connectivity index (χ4n) is 2.19. The third kappa shape index (κ3) is 11.4. The molecule has 0 fully saturated rings. The quantitative estimate of drug-likeness (QED) is 0.283. The number of hydrogen-bond donors (Lipinski definition) is 2. The second-order valence-corrected chi connectivity index (χ2v) is 6.89. The molecule has 156 valence electrons. The molecule has 0 bridgehead atoms. The summed E-state index contributed by atoms with van der Waals surface area (Å²) in [6.45, 7) is 10.4. The van der Waals surface area contributed by atoms with Gasteiger partial charge in [-0.25, -0.2) is 0 Å². The number of guanidine groups is 1. The summed E-state index contributed by atoms with van der Waals surface area (Å²) >= 11 is 0. The lowest BCUT2D eigenvalue weighted by Gasteiger charge is -2.21. The molecule has 0 aliphatic rings. The van der Waals surface area contributed by atoms with Crippen LogP contribution in [0.3, 0.4) is 0 Å². The number of aliphatic imine (C=N–C) groups is 1. The Hall–Kier alpha value is -1.06. The fraction of sp³-hybridized carbons (Fsp3) is 0.650. The molecule has 7 heteroatoms. The van der Waals surface area contributed by atoms with Crippen LogP contribution < -0.4 is 15.4 Å². The molecular weight excluding hydrogens is 455 g/mol. The first-order chi connectivity index (χ1) is 12.5. The maximum atomic E-state index is 5.87. The molecule has 27 heavy (non-hydrogen) atoms.